The zero-order chi connectivity index (χ0) is 11.3. The summed E-state index contributed by atoms with van der Waals surface area (Å²) in [4.78, 5) is 3.68. The van der Waals surface area contributed by atoms with E-state index in [1.807, 2.05) is 0 Å². The third-order valence-corrected chi connectivity index (χ3v) is 1.72. The Hall–Kier alpha value is -1.36. The number of nitrogens with one attached hydrogen (secondary N) is 1. The van der Waals surface area contributed by atoms with Gasteiger partial charge in [0.15, 0.2) is 0 Å². The fourth-order valence-corrected chi connectivity index (χ4v) is 0.969. The van der Waals surface area contributed by atoms with E-state index in [1.165, 1.54) is 6.07 Å². The molecular weight excluding hydrogens is 205 g/mol. The van der Waals surface area contributed by atoms with Crippen molar-refractivity contribution in [2.24, 2.45) is 0 Å². The zero-order valence-corrected chi connectivity index (χ0v) is 8.17. The van der Waals surface area contributed by atoms with Gasteiger partial charge in [0.2, 0.25) is 0 Å². The number of likely N-dealkylation sites (N-methyl/N-ethyl adjacent to an activating group) is 1. The van der Waals surface area contributed by atoms with Crippen molar-refractivity contribution < 1.29 is 13.2 Å². The predicted octanol–water partition coefficient (Wildman–Crippen LogP) is 2.33. The highest BCUT2D eigenvalue weighted by atomic mass is 19.4. The second-order valence-electron chi connectivity index (χ2n) is 2.93. The molecule has 0 aliphatic carbocycles. The third-order valence-electron chi connectivity index (χ3n) is 1.72. The molecule has 1 heterocycles. The fourth-order valence-electron chi connectivity index (χ4n) is 0.969. The normalized spacial score (nSPS) is 12.3. The molecule has 15 heavy (non-hydrogen) atoms. The maximum absolute atomic E-state index is 12.2. The minimum atomic E-state index is -4.32. The van der Waals surface area contributed by atoms with Gasteiger partial charge in [-0.2, -0.15) is 13.2 Å². The van der Waals surface area contributed by atoms with Crippen LogP contribution in [0.3, 0.4) is 0 Å². The Morgan fingerprint density at radius 3 is 2.60 bits per heavy atom. The van der Waals surface area contributed by atoms with E-state index in [2.05, 4.69) is 10.3 Å². The average Bonchev–Trinajstić information content (AvgIpc) is 2.18. The van der Waals surface area contributed by atoms with Crippen molar-refractivity contribution in [2.75, 3.05) is 13.6 Å². The van der Waals surface area contributed by atoms with E-state index in [0.717, 1.165) is 12.3 Å². The van der Waals surface area contributed by atoms with E-state index in [4.69, 9.17) is 0 Å². The molecule has 0 atom stereocenters. The van der Waals surface area contributed by atoms with Crippen LogP contribution in [0.5, 0.6) is 0 Å². The number of pyridine rings is 1. The highest BCUT2D eigenvalue weighted by Crippen LogP contribution is 2.28. The summed E-state index contributed by atoms with van der Waals surface area (Å²) in [5, 5.41) is 2.88. The Labute approximate surface area is 85.8 Å². The van der Waals surface area contributed by atoms with Gasteiger partial charge in [0.1, 0.15) is 0 Å². The summed E-state index contributed by atoms with van der Waals surface area (Å²) in [6, 6.07) is 2.36. The van der Waals surface area contributed by atoms with Crippen LogP contribution in [0.15, 0.2) is 24.4 Å². The second-order valence-corrected chi connectivity index (χ2v) is 2.93. The molecule has 5 heteroatoms. The van der Waals surface area contributed by atoms with Crippen molar-refractivity contribution in [1.29, 1.82) is 0 Å². The summed E-state index contributed by atoms with van der Waals surface area (Å²) < 4.78 is 36.5. The van der Waals surface area contributed by atoms with Gasteiger partial charge in [-0.3, -0.25) is 4.98 Å². The highest BCUT2D eigenvalue weighted by molar-refractivity contribution is 5.44. The lowest BCUT2D eigenvalue weighted by Crippen LogP contribution is -2.05. The summed E-state index contributed by atoms with van der Waals surface area (Å²) in [6.07, 6.45) is -0.0362. The maximum Gasteiger partial charge on any atom is 0.417 e. The monoisotopic (exact) mass is 216 g/mol. The Kier molecular flexibility index (Phi) is 3.85. The number of hydrogen-bond acceptors (Lipinski definition) is 2. The lowest BCUT2D eigenvalue weighted by atomic mass is 10.2. The summed E-state index contributed by atoms with van der Waals surface area (Å²) in [7, 11) is 1.78. The molecule has 0 aliphatic rings. The lowest BCUT2D eigenvalue weighted by molar-refractivity contribution is -0.137. The van der Waals surface area contributed by atoms with Gasteiger partial charge in [-0.05, 0) is 25.3 Å². The van der Waals surface area contributed by atoms with E-state index < -0.39 is 11.7 Å². The quantitative estimate of drug-likeness (QED) is 0.838. The lowest BCUT2D eigenvalue weighted by Gasteiger charge is -2.05. The maximum atomic E-state index is 12.2. The number of aromatic nitrogens is 1. The molecule has 82 valence electrons. The summed E-state index contributed by atoms with van der Waals surface area (Å²) >= 11 is 0. The van der Waals surface area contributed by atoms with Gasteiger partial charge in [-0.25, -0.2) is 0 Å². The van der Waals surface area contributed by atoms with Gasteiger partial charge in [-0.15, -0.1) is 0 Å². The predicted molar refractivity (Wildman–Crippen MR) is 52.2 cm³/mol. The summed E-state index contributed by atoms with van der Waals surface area (Å²) in [5.41, 5.74) is -0.216. The molecule has 0 saturated heterocycles. The Balaban J connectivity index is 2.73. The minimum absolute atomic E-state index is 0.512. The molecule has 0 aromatic carbocycles. The molecule has 1 aromatic rings. The van der Waals surface area contributed by atoms with Gasteiger partial charge in [0.25, 0.3) is 0 Å². The molecule has 2 nitrogen and oxygen atoms in total. The highest BCUT2D eigenvalue weighted by Gasteiger charge is 2.30. The van der Waals surface area contributed by atoms with Crippen LogP contribution in [0.25, 0.3) is 6.08 Å². The molecule has 1 aromatic heterocycles. The number of alkyl halides is 3. The Morgan fingerprint density at radius 1 is 1.40 bits per heavy atom. The number of halogens is 3. The first-order valence-electron chi connectivity index (χ1n) is 4.38. The molecular formula is C10H11F3N2. The van der Waals surface area contributed by atoms with Crippen molar-refractivity contribution in [1.82, 2.24) is 10.3 Å². The standard InChI is InChI=1S/C10H11F3N2/c1-14-6-2-3-9-5-4-8(7-15-9)10(11,12)13/h2-5,7,14H,6H2,1H3. The van der Waals surface area contributed by atoms with Crippen LogP contribution < -0.4 is 5.32 Å². The molecule has 0 aliphatic heterocycles. The third kappa shape index (κ3) is 3.71. The topological polar surface area (TPSA) is 24.9 Å². The minimum Gasteiger partial charge on any atom is -0.316 e. The van der Waals surface area contributed by atoms with E-state index >= 15 is 0 Å². The van der Waals surface area contributed by atoms with E-state index in [0.29, 0.717) is 12.2 Å². The van der Waals surface area contributed by atoms with Crippen LogP contribution in [0.2, 0.25) is 0 Å². The van der Waals surface area contributed by atoms with E-state index in [1.54, 1.807) is 19.2 Å². The largest absolute Gasteiger partial charge is 0.417 e. The number of nitrogens with zero attached hydrogens (tertiary/aromatic N) is 1. The van der Waals surface area contributed by atoms with Crippen molar-refractivity contribution in [3.63, 3.8) is 0 Å². The molecule has 0 saturated carbocycles. The molecule has 0 bridgehead atoms. The first-order valence-corrected chi connectivity index (χ1v) is 4.38. The fraction of sp³-hybridized carbons (Fsp3) is 0.300. The Morgan fingerprint density at radius 2 is 2.13 bits per heavy atom. The molecule has 1 rings (SSSR count). The molecule has 0 radical (unpaired) electrons. The SMILES string of the molecule is CNCC=Cc1ccc(C(F)(F)F)cn1. The van der Waals surface area contributed by atoms with Gasteiger partial charge < -0.3 is 5.32 Å². The first-order chi connectivity index (χ1) is 7.04. The molecule has 0 unspecified atom stereocenters. The summed E-state index contributed by atoms with van der Waals surface area (Å²) in [6.45, 7) is 0.655. The molecule has 0 amide bonds. The van der Waals surface area contributed by atoms with Crippen molar-refractivity contribution in [2.45, 2.75) is 6.18 Å². The average molecular weight is 216 g/mol. The van der Waals surface area contributed by atoms with Crippen LogP contribution in [0, 0.1) is 0 Å². The number of hydrogen-bond donors (Lipinski definition) is 1. The Bertz CT molecular complexity index is 328. The zero-order valence-electron chi connectivity index (χ0n) is 8.17. The summed E-state index contributed by atoms with van der Waals surface area (Å²) in [5.74, 6) is 0. The van der Waals surface area contributed by atoms with Crippen LogP contribution in [-0.4, -0.2) is 18.6 Å². The van der Waals surface area contributed by atoms with Crippen LogP contribution in [0.1, 0.15) is 11.3 Å². The van der Waals surface area contributed by atoms with Gasteiger partial charge in [0, 0.05) is 12.7 Å². The van der Waals surface area contributed by atoms with Crippen molar-refractivity contribution in [3.05, 3.63) is 35.7 Å². The van der Waals surface area contributed by atoms with E-state index in [9.17, 15) is 13.2 Å². The van der Waals surface area contributed by atoms with Gasteiger partial charge in [-0.1, -0.05) is 6.08 Å². The smallest absolute Gasteiger partial charge is 0.316 e. The second kappa shape index (κ2) is 4.93. The molecule has 0 fully saturated rings. The van der Waals surface area contributed by atoms with Gasteiger partial charge >= 0.3 is 6.18 Å². The molecule has 1 N–H and O–H groups in total. The van der Waals surface area contributed by atoms with Crippen LogP contribution >= 0.6 is 0 Å². The van der Waals surface area contributed by atoms with E-state index in [-0.39, 0.29) is 0 Å². The van der Waals surface area contributed by atoms with Crippen molar-refractivity contribution in [3.8, 4) is 0 Å². The van der Waals surface area contributed by atoms with Gasteiger partial charge in [0.05, 0.1) is 11.3 Å². The number of rotatable bonds is 3. The van der Waals surface area contributed by atoms with Crippen LogP contribution in [0.4, 0.5) is 13.2 Å². The first kappa shape index (κ1) is 11.7. The molecule has 0 spiro atoms. The van der Waals surface area contributed by atoms with Crippen molar-refractivity contribution >= 4 is 6.08 Å². The van der Waals surface area contributed by atoms with Crippen LogP contribution in [-0.2, 0) is 6.18 Å².